The number of carbonyl (C=O) groups is 2. The van der Waals surface area contributed by atoms with E-state index in [9.17, 15) is 18.0 Å². The van der Waals surface area contributed by atoms with E-state index in [0.29, 0.717) is 24.6 Å². The van der Waals surface area contributed by atoms with E-state index in [0.717, 1.165) is 33.2 Å². The first-order valence-corrected chi connectivity index (χ1v) is 16.8. The van der Waals surface area contributed by atoms with Crippen LogP contribution in [-0.4, -0.2) is 57.1 Å². The normalized spacial score (nSPS) is 11.9. The maximum absolute atomic E-state index is 14.0. The van der Waals surface area contributed by atoms with Crippen LogP contribution in [0.1, 0.15) is 44.7 Å². The molecule has 3 aromatic carbocycles. The van der Waals surface area contributed by atoms with Gasteiger partial charge in [0.05, 0.1) is 17.2 Å². The molecule has 1 atom stereocenters. The molecule has 0 fully saturated rings. The third-order valence-corrected chi connectivity index (χ3v) is 9.36. The fraction of sp³-hybridized carbons (Fsp3) is 0.375. The van der Waals surface area contributed by atoms with Crippen molar-refractivity contribution in [3.63, 3.8) is 0 Å². The molecule has 0 bridgehead atoms. The van der Waals surface area contributed by atoms with Gasteiger partial charge < -0.3 is 15.0 Å². The number of unbranched alkanes of at least 4 members (excludes halogenated alkanes) is 1. The monoisotopic (exact) mass is 611 g/mol. The zero-order valence-electron chi connectivity index (χ0n) is 25.0. The number of nitrogens with one attached hydrogen (secondary N) is 1. The fourth-order valence-corrected chi connectivity index (χ4v) is 6.11. The number of rotatable bonds is 15. The van der Waals surface area contributed by atoms with Crippen LogP contribution in [0.3, 0.4) is 0 Å². The molecule has 0 aliphatic rings. The Kier molecular flexibility index (Phi) is 12.3. The van der Waals surface area contributed by atoms with Crippen LogP contribution in [-0.2, 0) is 26.2 Å². The lowest BCUT2D eigenvalue weighted by Gasteiger charge is -2.32. The lowest BCUT2D eigenvalue weighted by atomic mass is 10.1. The van der Waals surface area contributed by atoms with Gasteiger partial charge in [0.25, 0.3) is 10.0 Å². The number of benzene rings is 3. The molecule has 0 aliphatic carbocycles. The number of sulfonamides is 1. The highest BCUT2D eigenvalue weighted by molar-refractivity contribution is 7.98. The predicted octanol–water partition coefficient (Wildman–Crippen LogP) is 5.64. The van der Waals surface area contributed by atoms with Gasteiger partial charge in [-0.15, -0.1) is 11.8 Å². The molecule has 0 spiro atoms. The van der Waals surface area contributed by atoms with Crippen LogP contribution in [0.2, 0.25) is 0 Å². The molecule has 0 unspecified atom stereocenters. The van der Waals surface area contributed by atoms with Gasteiger partial charge in [-0.1, -0.05) is 43.2 Å². The van der Waals surface area contributed by atoms with Crippen molar-refractivity contribution in [2.45, 2.75) is 62.9 Å². The Balaban J connectivity index is 2.00. The van der Waals surface area contributed by atoms with Crippen LogP contribution in [0.5, 0.6) is 5.75 Å². The van der Waals surface area contributed by atoms with Gasteiger partial charge in [0.2, 0.25) is 11.8 Å². The summed E-state index contributed by atoms with van der Waals surface area (Å²) in [6.45, 7) is 8.18. The Morgan fingerprint density at radius 2 is 1.60 bits per heavy atom. The molecule has 226 valence electrons. The third kappa shape index (κ3) is 8.75. The smallest absolute Gasteiger partial charge is 0.264 e. The summed E-state index contributed by atoms with van der Waals surface area (Å²) in [5.41, 5.74) is 2.23. The Bertz CT molecular complexity index is 1410. The lowest BCUT2D eigenvalue weighted by Crippen LogP contribution is -2.51. The first-order chi connectivity index (χ1) is 20.1. The summed E-state index contributed by atoms with van der Waals surface area (Å²) in [7, 11) is -4.14. The molecular formula is C32H41N3O5S2. The number of hydrogen-bond donors (Lipinski definition) is 1. The molecule has 2 amide bonds. The van der Waals surface area contributed by atoms with Crippen molar-refractivity contribution in [3.05, 3.63) is 83.9 Å². The first-order valence-electron chi connectivity index (χ1n) is 14.1. The Labute approximate surface area is 254 Å². The molecule has 0 saturated carbocycles. The second-order valence-electron chi connectivity index (χ2n) is 9.94. The van der Waals surface area contributed by atoms with Crippen molar-refractivity contribution in [3.8, 4) is 5.75 Å². The summed E-state index contributed by atoms with van der Waals surface area (Å²) in [5, 5.41) is 2.90. The number of thioether (sulfide) groups is 1. The molecule has 0 radical (unpaired) electrons. The van der Waals surface area contributed by atoms with Crippen molar-refractivity contribution < 1.29 is 22.7 Å². The van der Waals surface area contributed by atoms with Crippen molar-refractivity contribution in [2.75, 3.05) is 30.3 Å². The second kappa shape index (κ2) is 15.7. The molecule has 8 nitrogen and oxygen atoms in total. The largest absolute Gasteiger partial charge is 0.494 e. The highest BCUT2D eigenvalue weighted by atomic mass is 32.2. The van der Waals surface area contributed by atoms with Crippen LogP contribution in [0.15, 0.2) is 82.6 Å². The molecule has 10 heteroatoms. The molecule has 1 N–H and O–H groups in total. The SMILES string of the molecule is CCCCNC(=O)[C@@H](C)N(Cc1ccc(C)cc1)C(=O)CN(c1ccc(OCC)cc1)S(=O)(=O)c1ccc(SC)cc1. The highest BCUT2D eigenvalue weighted by Gasteiger charge is 2.32. The molecule has 3 rings (SSSR count). The maximum Gasteiger partial charge on any atom is 0.264 e. The van der Waals surface area contributed by atoms with Gasteiger partial charge >= 0.3 is 0 Å². The quantitative estimate of drug-likeness (QED) is 0.176. The van der Waals surface area contributed by atoms with E-state index in [1.165, 1.54) is 16.7 Å². The van der Waals surface area contributed by atoms with Crippen molar-refractivity contribution in [2.24, 2.45) is 0 Å². The van der Waals surface area contributed by atoms with E-state index < -0.39 is 28.5 Å². The molecule has 0 heterocycles. The number of anilines is 1. The van der Waals surface area contributed by atoms with Crippen LogP contribution < -0.4 is 14.4 Å². The number of amides is 2. The average molecular weight is 612 g/mol. The van der Waals surface area contributed by atoms with Gasteiger partial charge in [-0.2, -0.15) is 0 Å². The third-order valence-electron chi connectivity index (χ3n) is 6.83. The Morgan fingerprint density at radius 1 is 0.952 bits per heavy atom. The minimum atomic E-state index is -4.14. The summed E-state index contributed by atoms with van der Waals surface area (Å²) in [6.07, 6.45) is 3.66. The molecule has 42 heavy (non-hydrogen) atoms. The van der Waals surface area contributed by atoms with Crippen LogP contribution in [0.25, 0.3) is 0 Å². The second-order valence-corrected chi connectivity index (χ2v) is 12.7. The van der Waals surface area contributed by atoms with Crippen LogP contribution in [0.4, 0.5) is 5.69 Å². The standard InChI is InChI=1S/C32H41N3O5S2/c1-6-8-21-33-32(37)25(4)34(22-26-11-9-24(3)10-12-26)31(36)23-35(27-13-15-28(16-14-27)40-7-2)42(38,39)30-19-17-29(41-5)18-20-30/h9-20,25H,6-8,21-23H2,1-5H3,(H,33,37)/t25-/m1/s1. The summed E-state index contributed by atoms with van der Waals surface area (Å²) in [5.74, 6) is -0.188. The average Bonchev–Trinajstić information content (AvgIpc) is 2.99. The van der Waals surface area contributed by atoms with Crippen molar-refractivity contribution >= 4 is 39.3 Å². The number of aryl methyl sites for hydroxylation is 1. The number of nitrogens with zero attached hydrogens (tertiary/aromatic N) is 2. The fourth-order valence-electron chi connectivity index (χ4n) is 4.29. The van der Waals surface area contributed by atoms with Gasteiger partial charge in [-0.3, -0.25) is 13.9 Å². The van der Waals surface area contributed by atoms with E-state index >= 15 is 0 Å². The molecule has 0 aromatic heterocycles. The van der Waals surface area contributed by atoms with Gasteiger partial charge in [0.1, 0.15) is 18.3 Å². The van der Waals surface area contributed by atoms with Crippen molar-refractivity contribution in [1.29, 1.82) is 0 Å². The van der Waals surface area contributed by atoms with Gasteiger partial charge in [0.15, 0.2) is 0 Å². The molecule has 3 aromatic rings. The first kappa shape index (κ1) is 33.0. The van der Waals surface area contributed by atoms with E-state index in [4.69, 9.17) is 4.74 Å². The number of ether oxygens (including phenoxy) is 1. The number of carbonyl (C=O) groups excluding carboxylic acids is 2. The van der Waals surface area contributed by atoms with E-state index in [2.05, 4.69) is 5.32 Å². The van der Waals surface area contributed by atoms with Crippen LogP contribution in [0, 0.1) is 6.92 Å². The lowest BCUT2D eigenvalue weighted by molar-refractivity contribution is -0.139. The topological polar surface area (TPSA) is 96.0 Å². The Hall–Kier alpha value is -3.50. The minimum Gasteiger partial charge on any atom is -0.494 e. The minimum absolute atomic E-state index is 0.0671. The zero-order chi connectivity index (χ0) is 30.7. The highest BCUT2D eigenvalue weighted by Crippen LogP contribution is 2.28. The Morgan fingerprint density at radius 3 is 2.17 bits per heavy atom. The molecular weight excluding hydrogens is 571 g/mol. The summed E-state index contributed by atoms with van der Waals surface area (Å²) in [6, 6.07) is 20.0. The molecule has 0 aliphatic heterocycles. The number of hydrogen-bond acceptors (Lipinski definition) is 6. The predicted molar refractivity (Wildman–Crippen MR) is 169 cm³/mol. The van der Waals surface area contributed by atoms with Crippen LogP contribution >= 0.6 is 11.8 Å². The zero-order valence-corrected chi connectivity index (χ0v) is 26.6. The van der Waals surface area contributed by atoms with Crippen molar-refractivity contribution in [1.82, 2.24) is 10.2 Å². The van der Waals surface area contributed by atoms with E-state index in [1.54, 1.807) is 55.5 Å². The molecule has 0 saturated heterocycles. The van der Waals surface area contributed by atoms with Gasteiger partial charge in [0, 0.05) is 18.0 Å². The van der Waals surface area contributed by atoms with E-state index in [1.807, 2.05) is 51.3 Å². The summed E-state index contributed by atoms with van der Waals surface area (Å²) >= 11 is 1.51. The summed E-state index contributed by atoms with van der Waals surface area (Å²) < 4.78 is 34.7. The van der Waals surface area contributed by atoms with Gasteiger partial charge in [-0.05, 0) is 87.5 Å². The maximum atomic E-state index is 14.0. The van der Waals surface area contributed by atoms with Gasteiger partial charge in [-0.25, -0.2) is 8.42 Å². The van der Waals surface area contributed by atoms with E-state index in [-0.39, 0.29) is 17.3 Å². The summed E-state index contributed by atoms with van der Waals surface area (Å²) in [4.78, 5) is 29.6.